The lowest BCUT2D eigenvalue weighted by atomic mass is 10.2. The molecule has 0 aliphatic carbocycles. The molecule has 1 amide bonds. The maximum absolute atomic E-state index is 11.8. The number of amides is 1. The molecule has 1 aromatic rings. The quantitative estimate of drug-likeness (QED) is 0.775. The fourth-order valence-electron chi connectivity index (χ4n) is 1.59. The van der Waals surface area contributed by atoms with Gasteiger partial charge in [0.05, 0.1) is 12.8 Å². The topological polar surface area (TPSA) is 56.2 Å². The molecular formula is C12H21N3O2. The monoisotopic (exact) mass is 239 g/mol. The van der Waals surface area contributed by atoms with E-state index in [4.69, 9.17) is 4.74 Å². The Hall–Kier alpha value is -1.52. The summed E-state index contributed by atoms with van der Waals surface area (Å²) in [4.78, 5) is 11.8. The lowest BCUT2D eigenvalue weighted by Crippen LogP contribution is -2.30. The van der Waals surface area contributed by atoms with Crippen molar-refractivity contribution in [1.29, 1.82) is 0 Å². The van der Waals surface area contributed by atoms with Gasteiger partial charge in [0, 0.05) is 12.6 Å². The van der Waals surface area contributed by atoms with Crippen molar-refractivity contribution in [1.82, 2.24) is 15.1 Å². The standard InChI is InChI=1S/C12H21N3O2/c1-4-5-6-7-8-13-12(16)15-11(17-3)9-10(2)14-15/h9H,4-8H2,1-3H3,(H,13,16). The van der Waals surface area contributed by atoms with E-state index in [2.05, 4.69) is 17.3 Å². The molecule has 0 unspecified atom stereocenters. The van der Waals surface area contributed by atoms with Crippen LogP contribution in [0.5, 0.6) is 5.88 Å². The Morgan fingerprint density at radius 1 is 1.47 bits per heavy atom. The lowest BCUT2D eigenvalue weighted by molar-refractivity contribution is 0.235. The number of carbonyl (C=O) groups excluding carboxylic acids is 1. The molecule has 0 atom stereocenters. The number of rotatable bonds is 6. The Kier molecular flexibility index (Phi) is 5.52. The van der Waals surface area contributed by atoms with Gasteiger partial charge in [0.2, 0.25) is 5.88 Å². The largest absolute Gasteiger partial charge is 0.481 e. The molecule has 17 heavy (non-hydrogen) atoms. The van der Waals surface area contributed by atoms with Crippen molar-refractivity contribution in [2.45, 2.75) is 39.5 Å². The van der Waals surface area contributed by atoms with Crippen LogP contribution >= 0.6 is 0 Å². The van der Waals surface area contributed by atoms with Gasteiger partial charge in [-0.1, -0.05) is 26.2 Å². The van der Waals surface area contributed by atoms with Gasteiger partial charge >= 0.3 is 6.03 Å². The number of methoxy groups -OCH3 is 1. The maximum atomic E-state index is 11.8. The van der Waals surface area contributed by atoms with E-state index >= 15 is 0 Å². The molecule has 1 aromatic heterocycles. The molecular weight excluding hydrogens is 218 g/mol. The second-order valence-corrected chi connectivity index (χ2v) is 4.03. The Morgan fingerprint density at radius 2 is 2.24 bits per heavy atom. The summed E-state index contributed by atoms with van der Waals surface area (Å²) in [5.74, 6) is 0.466. The molecule has 1 heterocycles. The van der Waals surface area contributed by atoms with Gasteiger partial charge in [-0.25, -0.2) is 4.79 Å². The number of ether oxygens (including phenoxy) is 1. The highest BCUT2D eigenvalue weighted by molar-refractivity contribution is 5.77. The average molecular weight is 239 g/mol. The Balaban J connectivity index is 2.41. The van der Waals surface area contributed by atoms with Crippen molar-refractivity contribution in [2.24, 2.45) is 0 Å². The van der Waals surface area contributed by atoms with E-state index in [1.54, 1.807) is 6.07 Å². The van der Waals surface area contributed by atoms with Crippen molar-refractivity contribution in [3.63, 3.8) is 0 Å². The highest BCUT2D eigenvalue weighted by Crippen LogP contribution is 2.11. The minimum atomic E-state index is -0.230. The first-order valence-electron chi connectivity index (χ1n) is 6.08. The van der Waals surface area contributed by atoms with Crippen LogP contribution in [0.15, 0.2) is 6.07 Å². The first-order chi connectivity index (χ1) is 8.19. The Bertz CT molecular complexity index is 361. The molecule has 5 nitrogen and oxygen atoms in total. The summed E-state index contributed by atoms with van der Waals surface area (Å²) in [6.07, 6.45) is 4.55. The van der Waals surface area contributed by atoms with Gasteiger partial charge in [0.1, 0.15) is 0 Å². The number of aromatic nitrogens is 2. The van der Waals surface area contributed by atoms with Crippen molar-refractivity contribution >= 4 is 6.03 Å². The van der Waals surface area contributed by atoms with Gasteiger partial charge < -0.3 is 10.1 Å². The van der Waals surface area contributed by atoms with Gasteiger partial charge in [-0.3, -0.25) is 0 Å². The summed E-state index contributed by atoms with van der Waals surface area (Å²) in [5, 5.41) is 6.90. The van der Waals surface area contributed by atoms with Crippen LogP contribution in [0.25, 0.3) is 0 Å². The fourth-order valence-corrected chi connectivity index (χ4v) is 1.59. The van der Waals surface area contributed by atoms with Gasteiger partial charge in [-0.05, 0) is 13.3 Å². The van der Waals surface area contributed by atoms with Crippen LogP contribution in [0.3, 0.4) is 0 Å². The molecule has 0 aromatic carbocycles. The van der Waals surface area contributed by atoms with E-state index in [1.165, 1.54) is 24.6 Å². The Labute approximate surface area is 102 Å². The van der Waals surface area contributed by atoms with Gasteiger partial charge in [0.25, 0.3) is 0 Å². The third-order valence-corrected chi connectivity index (χ3v) is 2.51. The molecule has 0 saturated carbocycles. The van der Waals surface area contributed by atoms with Crippen LogP contribution in [-0.4, -0.2) is 29.5 Å². The van der Waals surface area contributed by atoms with Gasteiger partial charge in [-0.2, -0.15) is 5.10 Å². The zero-order chi connectivity index (χ0) is 12.7. The van der Waals surface area contributed by atoms with Crippen LogP contribution in [0.1, 0.15) is 38.3 Å². The van der Waals surface area contributed by atoms with E-state index in [0.29, 0.717) is 12.4 Å². The molecule has 1 rings (SSSR count). The first-order valence-corrected chi connectivity index (χ1v) is 6.08. The Morgan fingerprint density at radius 3 is 2.88 bits per heavy atom. The summed E-state index contributed by atoms with van der Waals surface area (Å²) < 4.78 is 6.33. The van der Waals surface area contributed by atoms with Crippen LogP contribution in [-0.2, 0) is 0 Å². The van der Waals surface area contributed by atoms with Crippen molar-refractivity contribution in [3.05, 3.63) is 11.8 Å². The number of aryl methyl sites for hydroxylation is 1. The summed E-state index contributed by atoms with van der Waals surface area (Å²) in [7, 11) is 1.53. The average Bonchev–Trinajstić information content (AvgIpc) is 2.70. The second kappa shape index (κ2) is 6.93. The van der Waals surface area contributed by atoms with E-state index in [-0.39, 0.29) is 6.03 Å². The third kappa shape index (κ3) is 4.09. The zero-order valence-electron chi connectivity index (χ0n) is 10.8. The predicted molar refractivity (Wildman–Crippen MR) is 66.5 cm³/mol. The molecule has 0 fully saturated rings. The minimum absolute atomic E-state index is 0.230. The highest BCUT2D eigenvalue weighted by atomic mass is 16.5. The first kappa shape index (κ1) is 13.5. The van der Waals surface area contributed by atoms with Gasteiger partial charge in [-0.15, -0.1) is 4.68 Å². The molecule has 0 bridgehead atoms. The summed E-state index contributed by atoms with van der Waals surface area (Å²) in [5.41, 5.74) is 0.767. The number of hydrogen-bond acceptors (Lipinski definition) is 3. The van der Waals surface area contributed by atoms with Crippen LogP contribution < -0.4 is 10.1 Å². The minimum Gasteiger partial charge on any atom is -0.481 e. The molecule has 0 radical (unpaired) electrons. The fraction of sp³-hybridized carbons (Fsp3) is 0.667. The lowest BCUT2D eigenvalue weighted by Gasteiger charge is -2.06. The second-order valence-electron chi connectivity index (χ2n) is 4.03. The zero-order valence-corrected chi connectivity index (χ0v) is 10.8. The maximum Gasteiger partial charge on any atom is 0.345 e. The van der Waals surface area contributed by atoms with Crippen LogP contribution in [0.4, 0.5) is 4.79 Å². The summed E-state index contributed by atoms with van der Waals surface area (Å²) in [6.45, 7) is 4.67. The summed E-state index contributed by atoms with van der Waals surface area (Å²) in [6, 6.07) is 1.50. The van der Waals surface area contributed by atoms with Gasteiger partial charge in [0.15, 0.2) is 0 Å². The number of nitrogens with zero attached hydrogens (tertiary/aromatic N) is 2. The van der Waals surface area contributed by atoms with Crippen LogP contribution in [0, 0.1) is 6.92 Å². The molecule has 0 aliphatic heterocycles. The van der Waals surface area contributed by atoms with E-state index in [0.717, 1.165) is 18.5 Å². The molecule has 0 saturated heterocycles. The number of nitrogens with one attached hydrogen (secondary N) is 1. The van der Waals surface area contributed by atoms with Crippen LogP contribution in [0.2, 0.25) is 0 Å². The molecule has 0 aliphatic rings. The van der Waals surface area contributed by atoms with Crippen molar-refractivity contribution < 1.29 is 9.53 Å². The summed E-state index contributed by atoms with van der Waals surface area (Å²) >= 11 is 0. The van der Waals surface area contributed by atoms with E-state index in [1.807, 2.05) is 6.92 Å². The number of unbranched alkanes of at least 4 members (excludes halogenated alkanes) is 3. The number of carbonyl (C=O) groups is 1. The van der Waals surface area contributed by atoms with E-state index in [9.17, 15) is 4.79 Å². The normalized spacial score (nSPS) is 10.3. The smallest absolute Gasteiger partial charge is 0.345 e. The van der Waals surface area contributed by atoms with E-state index < -0.39 is 0 Å². The molecule has 0 spiro atoms. The van der Waals surface area contributed by atoms with Crippen molar-refractivity contribution in [3.8, 4) is 5.88 Å². The number of hydrogen-bond donors (Lipinski definition) is 1. The van der Waals surface area contributed by atoms with Crippen molar-refractivity contribution in [2.75, 3.05) is 13.7 Å². The molecule has 96 valence electrons. The predicted octanol–water partition coefficient (Wildman–Crippen LogP) is 2.34. The molecule has 1 N–H and O–H groups in total. The highest BCUT2D eigenvalue weighted by Gasteiger charge is 2.12. The third-order valence-electron chi connectivity index (χ3n) is 2.51. The molecule has 5 heteroatoms. The SMILES string of the molecule is CCCCCCNC(=O)n1nc(C)cc1OC.